The molecule has 0 aliphatic heterocycles. The maximum Gasteiger partial charge on any atom is 0.135 e. The number of hydrogen-bond acceptors (Lipinski definition) is 2. The summed E-state index contributed by atoms with van der Waals surface area (Å²) >= 11 is 0. The van der Waals surface area contributed by atoms with Crippen LogP contribution in [0.3, 0.4) is 0 Å². The van der Waals surface area contributed by atoms with Gasteiger partial charge >= 0.3 is 0 Å². The first-order chi connectivity index (χ1) is 6.88. The van der Waals surface area contributed by atoms with Gasteiger partial charge in [-0.15, -0.1) is 0 Å². The summed E-state index contributed by atoms with van der Waals surface area (Å²) in [7, 11) is 0. The molecule has 1 aliphatic carbocycles. The zero-order chi connectivity index (χ0) is 10.2. The molecule has 0 saturated heterocycles. The lowest BCUT2D eigenvalue weighted by molar-refractivity contribution is 0.171. The highest BCUT2D eigenvalue weighted by Crippen LogP contribution is 2.25. The predicted molar refractivity (Wildman–Crippen MR) is 60.5 cm³/mol. The van der Waals surface area contributed by atoms with E-state index >= 15 is 0 Å². The van der Waals surface area contributed by atoms with Gasteiger partial charge in [0.2, 0.25) is 0 Å². The fourth-order valence-electron chi connectivity index (χ4n) is 2.04. The molecule has 1 saturated carbocycles. The van der Waals surface area contributed by atoms with E-state index in [-0.39, 0.29) is 0 Å². The summed E-state index contributed by atoms with van der Waals surface area (Å²) in [6.07, 6.45) is 9.44. The molecule has 0 unspecified atom stereocenters. The van der Waals surface area contributed by atoms with Gasteiger partial charge in [-0.3, -0.25) is 0 Å². The second-order valence-electron chi connectivity index (χ2n) is 3.86. The van der Waals surface area contributed by atoms with Crippen LogP contribution in [0.1, 0.15) is 45.4 Å². The summed E-state index contributed by atoms with van der Waals surface area (Å²) < 4.78 is 0. The summed E-state index contributed by atoms with van der Waals surface area (Å²) in [5.74, 6) is 0.679. The summed E-state index contributed by atoms with van der Waals surface area (Å²) in [4.78, 5) is 5.16. The Balaban J connectivity index is 2.41. The van der Waals surface area contributed by atoms with E-state index < -0.39 is 0 Å². The molecule has 14 heavy (non-hydrogen) atoms. The molecular weight excluding hydrogens is 174 g/mol. The van der Waals surface area contributed by atoms with Crippen LogP contribution < -0.4 is 0 Å². The van der Waals surface area contributed by atoms with E-state index in [2.05, 4.69) is 18.7 Å². The summed E-state index contributed by atoms with van der Waals surface area (Å²) in [5.41, 5.74) is 1.24. The standard InChI is InChI=1S/C12H21NO/c1-3-10-14-13-12(4-2)11-8-6-5-7-9-11/h3,11H,1,4-10H2,2H3. The van der Waals surface area contributed by atoms with Crippen molar-refractivity contribution in [2.24, 2.45) is 11.1 Å². The van der Waals surface area contributed by atoms with Crippen LogP contribution in [-0.2, 0) is 4.84 Å². The number of rotatable bonds is 5. The minimum absolute atomic E-state index is 0.524. The van der Waals surface area contributed by atoms with E-state index in [1.54, 1.807) is 6.08 Å². The molecule has 1 aliphatic rings. The third-order valence-corrected chi connectivity index (χ3v) is 2.81. The molecule has 1 rings (SSSR count). The SMILES string of the molecule is C=CCON=C(CC)C1CCCCC1. The molecule has 0 radical (unpaired) electrons. The third-order valence-electron chi connectivity index (χ3n) is 2.81. The van der Waals surface area contributed by atoms with Crippen LogP contribution in [0.4, 0.5) is 0 Å². The fourth-order valence-corrected chi connectivity index (χ4v) is 2.04. The largest absolute Gasteiger partial charge is 0.392 e. The van der Waals surface area contributed by atoms with Crippen LogP contribution in [0.5, 0.6) is 0 Å². The summed E-state index contributed by atoms with van der Waals surface area (Å²) in [6.45, 7) is 6.28. The Morgan fingerprint density at radius 1 is 1.43 bits per heavy atom. The summed E-state index contributed by atoms with van der Waals surface area (Å²) in [5, 5.41) is 4.20. The topological polar surface area (TPSA) is 21.6 Å². The van der Waals surface area contributed by atoms with Crippen LogP contribution in [-0.4, -0.2) is 12.3 Å². The van der Waals surface area contributed by atoms with Gasteiger partial charge in [-0.2, -0.15) is 0 Å². The lowest BCUT2D eigenvalue weighted by Gasteiger charge is -2.22. The highest BCUT2D eigenvalue weighted by molar-refractivity contribution is 5.86. The van der Waals surface area contributed by atoms with Crippen LogP contribution in [0.2, 0.25) is 0 Å². The molecular formula is C12H21NO. The van der Waals surface area contributed by atoms with Gasteiger partial charge in [0.15, 0.2) is 0 Å². The molecule has 0 aromatic heterocycles. The first kappa shape index (κ1) is 11.3. The van der Waals surface area contributed by atoms with Crippen molar-refractivity contribution in [1.82, 2.24) is 0 Å². The van der Waals surface area contributed by atoms with Gasteiger partial charge in [-0.25, -0.2) is 0 Å². The second kappa shape index (κ2) is 6.63. The normalized spacial score (nSPS) is 19.4. The van der Waals surface area contributed by atoms with Crippen molar-refractivity contribution >= 4 is 5.71 Å². The average Bonchev–Trinajstić information content (AvgIpc) is 2.26. The van der Waals surface area contributed by atoms with Crippen molar-refractivity contribution in [1.29, 1.82) is 0 Å². The Morgan fingerprint density at radius 3 is 2.71 bits per heavy atom. The Morgan fingerprint density at radius 2 is 2.14 bits per heavy atom. The first-order valence-corrected chi connectivity index (χ1v) is 5.68. The minimum atomic E-state index is 0.524. The molecule has 2 heteroatoms. The fraction of sp³-hybridized carbons (Fsp3) is 0.750. The predicted octanol–water partition coefficient (Wildman–Crippen LogP) is 3.54. The van der Waals surface area contributed by atoms with E-state index in [9.17, 15) is 0 Å². The van der Waals surface area contributed by atoms with Gasteiger partial charge in [0, 0.05) is 5.92 Å². The Labute approximate surface area is 87.0 Å². The first-order valence-electron chi connectivity index (χ1n) is 5.68. The maximum atomic E-state index is 5.16. The van der Waals surface area contributed by atoms with E-state index in [0.717, 1.165) is 6.42 Å². The number of hydrogen-bond donors (Lipinski definition) is 0. The van der Waals surface area contributed by atoms with Crippen molar-refractivity contribution < 1.29 is 4.84 Å². The van der Waals surface area contributed by atoms with Gasteiger partial charge in [-0.05, 0) is 19.3 Å². The van der Waals surface area contributed by atoms with Crippen LogP contribution in [0.15, 0.2) is 17.8 Å². The van der Waals surface area contributed by atoms with Gasteiger partial charge in [0.05, 0.1) is 5.71 Å². The zero-order valence-corrected chi connectivity index (χ0v) is 9.17. The van der Waals surface area contributed by atoms with Crippen LogP contribution >= 0.6 is 0 Å². The van der Waals surface area contributed by atoms with Crippen LogP contribution in [0.25, 0.3) is 0 Å². The lowest BCUT2D eigenvalue weighted by Crippen LogP contribution is -2.17. The monoisotopic (exact) mass is 195 g/mol. The van der Waals surface area contributed by atoms with Gasteiger partial charge in [-0.1, -0.05) is 44.0 Å². The third kappa shape index (κ3) is 3.52. The molecule has 0 heterocycles. The lowest BCUT2D eigenvalue weighted by atomic mass is 9.85. The Bertz CT molecular complexity index is 192. The van der Waals surface area contributed by atoms with E-state index in [0.29, 0.717) is 12.5 Å². The molecule has 0 atom stereocenters. The Kier molecular flexibility index (Phi) is 5.35. The van der Waals surface area contributed by atoms with Crippen LogP contribution in [0, 0.1) is 5.92 Å². The molecule has 0 spiro atoms. The van der Waals surface area contributed by atoms with Crippen molar-refractivity contribution in [2.45, 2.75) is 45.4 Å². The smallest absolute Gasteiger partial charge is 0.135 e. The number of oxime groups is 1. The highest BCUT2D eigenvalue weighted by atomic mass is 16.6. The van der Waals surface area contributed by atoms with E-state index in [1.807, 2.05) is 0 Å². The zero-order valence-electron chi connectivity index (χ0n) is 9.17. The van der Waals surface area contributed by atoms with Crippen molar-refractivity contribution in [2.75, 3.05) is 6.61 Å². The molecule has 0 amide bonds. The van der Waals surface area contributed by atoms with Crippen molar-refractivity contribution in [3.63, 3.8) is 0 Å². The molecule has 0 bridgehead atoms. The maximum absolute atomic E-state index is 5.16. The molecule has 1 fully saturated rings. The minimum Gasteiger partial charge on any atom is -0.392 e. The molecule has 0 N–H and O–H groups in total. The molecule has 0 aromatic carbocycles. The van der Waals surface area contributed by atoms with E-state index in [1.165, 1.54) is 37.8 Å². The highest BCUT2D eigenvalue weighted by Gasteiger charge is 2.18. The Hall–Kier alpha value is -0.790. The van der Waals surface area contributed by atoms with Gasteiger partial charge in [0.1, 0.15) is 6.61 Å². The van der Waals surface area contributed by atoms with Gasteiger partial charge < -0.3 is 4.84 Å². The number of nitrogens with zero attached hydrogens (tertiary/aromatic N) is 1. The average molecular weight is 195 g/mol. The molecule has 0 aromatic rings. The van der Waals surface area contributed by atoms with E-state index in [4.69, 9.17) is 4.84 Å². The molecule has 80 valence electrons. The molecule has 2 nitrogen and oxygen atoms in total. The van der Waals surface area contributed by atoms with Crippen molar-refractivity contribution in [3.8, 4) is 0 Å². The quantitative estimate of drug-likeness (QED) is 0.284. The van der Waals surface area contributed by atoms with Crippen molar-refractivity contribution in [3.05, 3.63) is 12.7 Å². The summed E-state index contributed by atoms with van der Waals surface area (Å²) in [6, 6.07) is 0. The van der Waals surface area contributed by atoms with Gasteiger partial charge in [0.25, 0.3) is 0 Å². The second-order valence-corrected chi connectivity index (χ2v) is 3.86.